The molecule has 1 aromatic carbocycles. The number of carbonyl (C=O) groups is 1. The molecule has 0 radical (unpaired) electrons. The van der Waals surface area contributed by atoms with Gasteiger partial charge in [-0.2, -0.15) is 5.26 Å². The maximum absolute atomic E-state index is 12.1. The van der Waals surface area contributed by atoms with Gasteiger partial charge in [0.1, 0.15) is 11.1 Å². The highest BCUT2D eigenvalue weighted by Gasteiger charge is 2.15. The monoisotopic (exact) mass is 367 g/mol. The second-order valence-electron chi connectivity index (χ2n) is 5.39. The van der Waals surface area contributed by atoms with Gasteiger partial charge in [-0.1, -0.05) is 36.4 Å². The number of benzene rings is 1. The lowest BCUT2D eigenvalue weighted by Crippen LogP contribution is -2.26. The van der Waals surface area contributed by atoms with Crippen LogP contribution in [0.15, 0.2) is 59.3 Å². The van der Waals surface area contributed by atoms with Gasteiger partial charge in [0, 0.05) is 17.8 Å². The first-order valence-electron chi connectivity index (χ1n) is 7.87. The van der Waals surface area contributed by atoms with Crippen LogP contribution in [0.25, 0.3) is 0 Å². The number of nitriles is 1. The molecular formula is C19H17N3OS2. The number of rotatable bonds is 7. The van der Waals surface area contributed by atoms with E-state index >= 15 is 0 Å². The predicted molar refractivity (Wildman–Crippen MR) is 103 cm³/mol. The first kappa shape index (κ1) is 17.4. The molecule has 3 rings (SSSR count). The fourth-order valence-corrected chi connectivity index (χ4v) is 4.08. The Morgan fingerprint density at radius 3 is 2.64 bits per heavy atom. The Bertz CT molecular complexity index is 850. The van der Waals surface area contributed by atoms with Crippen LogP contribution in [0, 0.1) is 11.3 Å². The van der Waals surface area contributed by atoms with E-state index in [9.17, 15) is 4.79 Å². The van der Waals surface area contributed by atoms with Crippen molar-refractivity contribution in [2.24, 2.45) is 0 Å². The van der Waals surface area contributed by atoms with Crippen molar-refractivity contribution >= 4 is 33.6 Å². The molecule has 0 bridgehead atoms. The van der Waals surface area contributed by atoms with Gasteiger partial charge in [-0.15, -0.1) is 22.7 Å². The number of thiophene rings is 2. The van der Waals surface area contributed by atoms with Crippen molar-refractivity contribution in [3.05, 3.63) is 75.3 Å². The second-order valence-corrected chi connectivity index (χ2v) is 7.28. The Morgan fingerprint density at radius 2 is 1.92 bits per heavy atom. The van der Waals surface area contributed by atoms with Gasteiger partial charge in [0.15, 0.2) is 0 Å². The third kappa shape index (κ3) is 4.54. The van der Waals surface area contributed by atoms with Gasteiger partial charge in [-0.25, -0.2) is 0 Å². The second kappa shape index (κ2) is 8.58. The molecule has 0 saturated heterocycles. The van der Waals surface area contributed by atoms with E-state index in [1.165, 1.54) is 21.8 Å². The molecule has 0 aliphatic carbocycles. The summed E-state index contributed by atoms with van der Waals surface area (Å²) in [7, 11) is 0. The van der Waals surface area contributed by atoms with E-state index in [0.29, 0.717) is 23.5 Å². The Balaban J connectivity index is 1.59. The lowest BCUT2D eigenvalue weighted by atomic mass is 10.1. The van der Waals surface area contributed by atoms with Gasteiger partial charge in [0.05, 0.1) is 11.6 Å². The van der Waals surface area contributed by atoms with Crippen molar-refractivity contribution in [1.82, 2.24) is 5.32 Å². The van der Waals surface area contributed by atoms with Crippen LogP contribution in [0.2, 0.25) is 0 Å². The Morgan fingerprint density at radius 1 is 1.08 bits per heavy atom. The Hall–Kier alpha value is -2.46. The van der Waals surface area contributed by atoms with E-state index in [2.05, 4.69) is 40.3 Å². The lowest BCUT2D eigenvalue weighted by molar-refractivity contribution is -0.116. The van der Waals surface area contributed by atoms with Crippen molar-refractivity contribution in [2.75, 3.05) is 11.9 Å². The zero-order valence-corrected chi connectivity index (χ0v) is 15.1. The highest BCUT2D eigenvalue weighted by atomic mass is 32.1. The summed E-state index contributed by atoms with van der Waals surface area (Å²) < 4.78 is 0. The Kier molecular flexibility index (Phi) is 5.96. The van der Waals surface area contributed by atoms with Gasteiger partial charge in [-0.05, 0) is 28.5 Å². The molecule has 0 aliphatic rings. The van der Waals surface area contributed by atoms with Crippen LogP contribution in [0.3, 0.4) is 0 Å². The molecular weight excluding hydrogens is 350 g/mol. The molecule has 0 saturated carbocycles. The highest BCUT2D eigenvalue weighted by molar-refractivity contribution is 7.14. The first-order chi connectivity index (χ1) is 12.3. The average molecular weight is 367 g/mol. The maximum Gasteiger partial charge on any atom is 0.226 e. The molecule has 126 valence electrons. The maximum atomic E-state index is 12.1. The predicted octanol–water partition coefficient (Wildman–Crippen LogP) is 4.39. The van der Waals surface area contributed by atoms with Crippen LogP contribution in [-0.2, 0) is 4.79 Å². The zero-order chi connectivity index (χ0) is 17.5. The van der Waals surface area contributed by atoms with E-state index in [4.69, 9.17) is 5.26 Å². The van der Waals surface area contributed by atoms with E-state index < -0.39 is 0 Å². The van der Waals surface area contributed by atoms with E-state index in [1.54, 1.807) is 22.8 Å². The zero-order valence-electron chi connectivity index (χ0n) is 13.4. The van der Waals surface area contributed by atoms with Crippen molar-refractivity contribution in [2.45, 2.75) is 12.5 Å². The molecule has 0 fully saturated rings. The van der Waals surface area contributed by atoms with Gasteiger partial charge < -0.3 is 10.6 Å². The fraction of sp³-hybridized carbons (Fsp3) is 0.158. The van der Waals surface area contributed by atoms with Crippen LogP contribution < -0.4 is 10.6 Å². The number of nitrogens with zero attached hydrogens (tertiary/aromatic N) is 1. The quantitative estimate of drug-likeness (QED) is 0.651. The molecule has 25 heavy (non-hydrogen) atoms. The van der Waals surface area contributed by atoms with Gasteiger partial charge in [0.2, 0.25) is 5.91 Å². The summed E-state index contributed by atoms with van der Waals surface area (Å²) in [6.07, 6.45) is 0.345. The molecule has 0 aliphatic heterocycles. The average Bonchev–Trinajstić information content (AvgIpc) is 3.31. The van der Waals surface area contributed by atoms with E-state index in [0.717, 1.165) is 0 Å². The van der Waals surface area contributed by atoms with Crippen LogP contribution in [0.5, 0.6) is 0 Å². The van der Waals surface area contributed by atoms with Crippen LogP contribution in [0.4, 0.5) is 5.00 Å². The summed E-state index contributed by atoms with van der Waals surface area (Å²) in [5, 5.41) is 19.7. The summed E-state index contributed by atoms with van der Waals surface area (Å²) in [5.74, 6) is -0.0931. The minimum Gasteiger partial charge on any atom is -0.317 e. The summed E-state index contributed by atoms with van der Waals surface area (Å²) in [4.78, 5) is 13.4. The molecule has 0 unspecified atom stereocenters. The van der Waals surface area contributed by atoms with Gasteiger partial charge in [0.25, 0.3) is 0 Å². The van der Waals surface area contributed by atoms with Crippen LogP contribution in [-0.4, -0.2) is 12.5 Å². The largest absolute Gasteiger partial charge is 0.317 e. The van der Waals surface area contributed by atoms with E-state index in [1.807, 2.05) is 24.3 Å². The first-order valence-corrected chi connectivity index (χ1v) is 9.63. The summed E-state index contributed by atoms with van der Waals surface area (Å²) in [6.45, 7) is 0.552. The van der Waals surface area contributed by atoms with Gasteiger partial charge in [-0.3, -0.25) is 4.79 Å². The normalized spacial score (nSPS) is 11.6. The fourth-order valence-electron chi connectivity index (χ4n) is 2.50. The molecule has 2 heterocycles. The van der Waals surface area contributed by atoms with Crippen LogP contribution >= 0.6 is 22.7 Å². The summed E-state index contributed by atoms with van der Waals surface area (Å²) in [5.41, 5.74) is 1.68. The van der Waals surface area contributed by atoms with Crippen molar-refractivity contribution in [1.29, 1.82) is 5.26 Å². The number of amides is 1. The van der Waals surface area contributed by atoms with Crippen molar-refractivity contribution in [3.63, 3.8) is 0 Å². The number of carbonyl (C=O) groups excluding carboxylic acids is 1. The van der Waals surface area contributed by atoms with Gasteiger partial charge >= 0.3 is 0 Å². The molecule has 4 nitrogen and oxygen atoms in total. The molecule has 6 heteroatoms. The molecule has 1 amide bonds. The smallest absolute Gasteiger partial charge is 0.226 e. The minimum atomic E-state index is -0.0931. The molecule has 2 aromatic heterocycles. The summed E-state index contributed by atoms with van der Waals surface area (Å²) in [6, 6.07) is 18.2. The molecule has 3 aromatic rings. The number of anilines is 1. The third-order valence-corrected chi connectivity index (χ3v) is 5.47. The molecule has 0 spiro atoms. The SMILES string of the molecule is N#Cc1ccsc1NC(=O)CCN[C@@H](c1ccccc1)c1cccs1. The molecule has 1 atom stereocenters. The molecule has 2 N–H and O–H groups in total. The topological polar surface area (TPSA) is 64.9 Å². The third-order valence-electron chi connectivity index (χ3n) is 3.70. The number of hydrogen-bond acceptors (Lipinski definition) is 5. The van der Waals surface area contributed by atoms with Crippen LogP contribution in [0.1, 0.15) is 28.5 Å². The summed E-state index contributed by atoms with van der Waals surface area (Å²) >= 11 is 3.06. The van der Waals surface area contributed by atoms with E-state index in [-0.39, 0.29) is 11.9 Å². The number of hydrogen-bond donors (Lipinski definition) is 2. The minimum absolute atomic E-state index is 0.0745. The lowest BCUT2D eigenvalue weighted by Gasteiger charge is -2.18. The van der Waals surface area contributed by atoms with Crippen molar-refractivity contribution in [3.8, 4) is 6.07 Å². The highest BCUT2D eigenvalue weighted by Crippen LogP contribution is 2.26. The Labute approximate surface area is 154 Å². The number of nitrogens with one attached hydrogen (secondary N) is 2. The van der Waals surface area contributed by atoms with Crippen molar-refractivity contribution < 1.29 is 4.79 Å². The standard InChI is InChI=1S/C19H17N3OS2/c20-13-15-9-12-25-19(15)22-17(23)8-10-21-18(16-7-4-11-24-16)14-5-2-1-3-6-14/h1-7,9,11-12,18,21H,8,10H2,(H,22,23)/t18-/m0/s1.